The van der Waals surface area contributed by atoms with E-state index in [4.69, 9.17) is 21.1 Å². The number of rotatable bonds is 12. The maximum absolute atomic E-state index is 13.0. The third-order valence-corrected chi connectivity index (χ3v) is 9.06. The molecule has 0 aliphatic carbocycles. The van der Waals surface area contributed by atoms with Crippen LogP contribution in [0.1, 0.15) is 105 Å². The molecule has 53 heavy (non-hydrogen) atoms. The highest BCUT2D eigenvalue weighted by molar-refractivity contribution is 6.29. The summed E-state index contributed by atoms with van der Waals surface area (Å²) in [5, 5.41) is 11.4. The van der Waals surface area contributed by atoms with Crippen molar-refractivity contribution >= 4 is 23.5 Å². The Labute approximate surface area is 329 Å². The van der Waals surface area contributed by atoms with E-state index in [-0.39, 0.29) is 35.5 Å². The molecule has 0 amide bonds. The predicted molar refractivity (Wildman–Crippen MR) is 206 cm³/mol. The maximum Gasteiger partial charge on any atom is 0.339 e. The van der Waals surface area contributed by atoms with Crippen molar-refractivity contribution < 1.29 is 45.7 Å². The molecule has 1 N–H and O–H groups in total. The van der Waals surface area contributed by atoms with Crippen LogP contribution in [0.4, 0.5) is 0 Å². The Kier molecular flexibility index (Phi) is 13.9. The van der Waals surface area contributed by atoms with Crippen molar-refractivity contribution in [3.05, 3.63) is 136 Å². The minimum absolute atomic E-state index is 0. The number of esters is 2. The van der Waals surface area contributed by atoms with E-state index in [0.717, 1.165) is 64.2 Å². The van der Waals surface area contributed by atoms with Gasteiger partial charge in [0.2, 0.25) is 5.15 Å². The van der Waals surface area contributed by atoms with Crippen LogP contribution in [0.3, 0.4) is 0 Å². The number of hydrogen-bond donors (Lipinski definition) is 1. The monoisotopic (exact) mass is 800 g/mol. The van der Waals surface area contributed by atoms with Gasteiger partial charge in [-0.3, -0.25) is 0 Å². The van der Waals surface area contributed by atoms with Crippen molar-refractivity contribution in [1.82, 2.24) is 4.57 Å². The molecule has 0 spiro atoms. The van der Waals surface area contributed by atoms with Crippen molar-refractivity contribution in [3.63, 3.8) is 0 Å². The first-order valence-electron chi connectivity index (χ1n) is 17.9. The lowest BCUT2D eigenvalue weighted by Gasteiger charge is -2.20. The maximum atomic E-state index is 13.0. The topological polar surface area (TPSA) is 81.6 Å². The number of carbonyl (C=O) groups is 2. The van der Waals surface area contributed by atoms with Gasteiger partial charge in [-0.15, -0.1) is 0 Å². The lowest BCUT2D eigenvalue weighted by Crippen LogP contribution is -3.00. The zero-order valence-electron chi connectivity index (χ0n) is 31.7. The third kappa shape index (κ3) is 10.5. The smallest absolute Gasteiger partial charge is 0.339 e. The van der Waals surface area contributed by atoms with E-state index in [0.29, 0.717) is 29.4 Å². The van der Waals surface area contributed by atoms with E-state index in [1.165, 1.54) is 0 Å². The minimum Gasteiger partial charge on any atom is -1.00 e. The molecule has 0 saturated heterocycles. The lowest BCUT2D eigenvalue weighted by atomic mass is 9.98. The molecule has 9 heteroatoms. The molecular weight excluding hydrogens is 752 g/mol. The van der Waals surface area contributed by atoms with Crippen LogP contribution in [-0.2, 0) is 35.6 Å². The average molecular weight is 802 g/mol. The van der Waals surface area contributed by atoms with Gasteiger partial charge < -0.3 is 31.6 Å². The molecule has 0 radical (unpaired) electrons. The number of aliphatic hydroxyl groups excluding tert-OH is 1. The average Bonchev–Trinajstić information content (AvgIpc) is 3.34. The molecule has 280 valence electrons. The second-order valence-electron chi connectivity index (χ2n) is 15.1. The van der Waals surface area contributed by atoms with Crippen LogP contribution in [0.25, 0.3) is 22.3 Å². The number of ether oxygens (including phenoxy) is 2. The van der Waals surface area contributed by atoms with Gasteiger partial charge in [-0.05, 0) is 105 Å². The fourth-order valence-corrected chi connectivity index (χ4v) is 6.57. The highest BCUT2D eigenvalue weighted by Gasteiger charge is 2.29. The zero-order valence-corrected chi connectivity index (χ0v) is 34.1. The summed E-state index contributed by atoms with van der Waals surface area (Å²) in [5.74, 6) is 0.00484. The van der Waals surface area contributed by atoms with Crippen LogP contribution < -0.4 is 21.5 Å². The normalized spacial score (nSPS) is 11.6. The first kappa shape index (κ1) is 41.5. The number of aliphatic hydroxyl groups is 1. The number of unbranched alkanes of at least 4 members (excludes halogenated alkanes) is 1. The largest absolute Gasteiger partial charge is 1.00 e. The molecule has 1 heterocycles. The Morgan fingerprint density at radius 1 is 0.717 bits per heavy atom. The highest BCUT2D eigenvalue weighted by atomic mass is 79.9. The van der Waals surface area contributed by atoms with E-state index < -0.39 is 11.2 Å². The van der Waals surface area contributed by atoms with Crippen LogP contribution >= 0.6 is 11.6 Å². The number of imidazole rings is 1. The first-order chi connectivity index (χ1) is 24.7. The van der Waals surface area contributed by atoms with Crippen LogP contribution in [0.5, 0.6) is 0 Å². The third-order valence-electron chi connectivity index (χ3n) is 8.64. The minimum atomic E-state index is -0.597. The predicted octanol–water partition coefficient (Wildman–Crippen LogP) is 6.61. The summed E-state index contributed by atoms with van der Waals surface area (Å²) in [6.45, 7) is 14.1. The van der Waals surface area contributed by atoms with Gasteiger partial charge in [0.05, 0.1) is 11.1 Å². The van der Waals surface area contributed by atoms with Crippen LogP contribution in [-0.4, -0.2) is 32.8 Å². The fourth-order valence-electron chi connectivity index (χ4n) is 6.22. The summed E-state index contributed by atoms with van der Waals surface area (Å²) in [6.07, 6.45) is 2.74. The molecule has 0 atom stereocenters. The van der Waals surface area contributed by atoms with Crippen molar-refractivity contribution in [2.24, 2.45) is 0 Å². The Bertz CT molecular complexity index is 2020. The molecule has 1 aromatic heterocycles. The number of aromatic nitrogens is 2. The second-order valence-corrected chi connectivity index (χ2v) is 15.4. The number of hydrogen-bond acceptors (Lipinski definition) is 5. The van der Waals surface area contributed by atoms with E-state index in [1.54, 1.807) is 12.1 Å². The summed E-state index contributed by atoms with van der Waals surface area (Å²) in [4.78, 5) is 26.0. The van der Waals surface area contributed by atoms with Crippen molar-refractivity contribution in [2.45, 2.75) is 98.6 Å². The Balaban J connectivity index is 0.00000627. The summed E-state index contributed by atoms with van der Waals surface area (Å²) in [5.41, 5.74) is 6.30. The van der Waals surface area contributed by atoms with Gasteiger partial charge in [0.1, 0.15) is 30.9 Å². The van der Waals surface area contributed by atoms with Gasteiger partial charge in [-0.2, -0.15) is 0 Å². The molecule has 0 saturated carbocycles. The van der Waals surface area contributed by atoms with E-state index in [2.05, 4.69) is 23.6 Å². The molecule has 4 aromatic carbocycles. The molecule has 0 bridgehead atoms. The van der Waals surface area contributed by atoms with Crippen LogP contribution in [0.2, 0.25) is 5.15 Å². The number of halogens is 2. The SMILES string of the molecule is CCCCc1c(Cl)[n+](Cc2ccc(-c3ccccc3C(=O)OC(C)(C)C)cc2)c(CO)n1Cc1ccc(-c2ccccc2C(=O)OC(C)(C)C)cc1.[Br-]. The Morgan fingerprint density at radius 2 is 1.17 bits per heavy atom. The Hall–Kier alpha value is -4.24. The quantitative estimate of drug-likeness (QED) is 0.114. The highest BCUT2D eigenvalue weighted by Crippen LogP contribution is 2.29. The number of carbonyl (C=O) groups excluding carboxylic acids is 2. The van der Waals surface area contributed by atoms with Gasteiger partial charge in [-0.25, -0.2) is 18.7 Å². The first-order valence-corrected chi connectivity index (χ1v) is 18.3. The molecule has 0 aliphatic rings. The van der Waals surface area contributed by atoms with Crippen LogP contribution in [0.15, 0.2) is 97.1 Å². The summed E-state index contributed by atoms with van der Waals surface area (Å²) < 4.78 is 15.5. The molecule has 0 unspecified atom stereocenters. The summed E-state index contributed by atoms with van der Waals surface area (Å²) in [7, 11) is 0. The number of nitrogens with zero attached hydrogens (tertiary/aromatic N) is 2. The molecule has 7 nitrogen and oxygen atoms in total. The zero-order chi connectivity index (χ0) is 37.6. The van der Waals surface area contributed by atoms with Crippen molar-refractivity contribution in [1.29, 1.82) is 0 Å². The fraction of sp³-hybridized carbons (Fsp3) is 0.341. The van der Waals surface area contributed by atoms with Crippen molar-refractivity contribution in [2.75, 3.05) is 0 Å². The van der Waals surface area contributed by atoms with Crippen molar-refractivity contribution in [3.8, 4) is 22.3 Å². The molecule has 5 rings (SSSR count). The molecular formula is C44H50BrClN2O5. The molecule has 5 aromatic rings. The van der Waals surface area contributed by atoms with Gasteiger partial charge in [0.25, 0.3) is 5.82 Å². The van der Waals surface area contributed by atoms with E-state index >= 15 is 0 Å². The lowest BCUT2D eigenvalue weighted by molar-refractivity contribution is -0.695. The van der Waals surface area contributed by atoms with Gasteiger partial charge in [0, 0.05) is 6.42 Å². The number of benzene rings is 4. The van der Waals surface area contributed by atoms with Gasteiger partial charge in [-0.1, -0.05) is 98.3 Å². The van der Waals surface area contributed by atoms with Crippen LogP contribution in [0, 0.1) is 0 Å². The standard InChI is InChI=1S/C44H50ClN2O5.BrH/c1-8-9-18-38-40(45)47(28-31-21-25-33(26-22-31)35-15-11-13-17-37(35)42(50)52-44(5,6)7)39(29-48)46(38)27-30-19-23-32(24-20-30)34-14-10-12-16-36(34)41(49)51-43(2,3)4;/h10-17,19-26,48H,8-9,18,27-29H2,1-7H3;1H/q+1;/p-1. The van der Waals surface area contributed by atoms with Gasteiger partial charge in [0.15, 0.2) is 5.69 Å². The molecule has 0 aliphatic heterocycles. The van der Waals surface area contributed by atoms with Gasteiger partial charge >= 0.3 is 11.9 Å². The molecule has 0 fully saturated rings. The Morgan fingerprint density at radius 3 is 1.60 bits per heavy atom. The summed E-state index contributed by atoms with van der Waals surface area (Å²) >= 11 is 7.13. The van der Waals surface area contributed by atoms with E-state index in [1.807, 2.05) is 119 Å². The van der Waals surface area contributed by atoms with E-state index in [9.17, 15) is 14.7 Å². The summed E-state index contributed by atoms with van der Waals surface area (Å²) in [6, 6.07) is 31.2. The second kappa shape index (κ2) is 17.7.